The summed E-state index contributed by atoms with van der Waals surface area (Å²) in [4.78, 5) is 54.7. The summed E-state index contributed by atoms with van der Waals surface area (Å²) in [7, 11) is 14.6. The van der Waals surface area contributed by atoms with E-state index < -0.39 is 5.69 Å². The molecule has 0 fully saturated rings. The molecule has 0 aliphatic rings. The second kappa shape index (κ2) is 12.9. The van der Waals surface area contributed by atoms with Gasteiger partial charge in [0.2, 0.25) is 0 Å². The van der Waals surface area contributed by atoms with Crippen LogP contribution in [0.5, 0.6) is 0 Å². The Kier molecular flexibility index (Phi) is 10.8. The van der Waals surface area contributed by atoms with Gasteiger partial charge in [0.15, 0.2) is 4.77 Å². The molecule has 0 bridgehead atoms. The average molecular weight is 569 g/mol. The molecule has 0 N–H and O–H groups in total. The lowest BCUT2D eigenvalue weighted by atomic mass is 10.5. The summed E-state index contributed by atoms with van der Waals surface area (Å²) in [6.45, 7) is 5.29. The SMILES string of the molecule is Cc1nn(C)c(=O)n(C)c1=O.Cc1nn(C)c(=O)n1C.Cc1nn(C)c(=S)n1C.Cn1c(=O)n(C)n(C)c1=O. The molecule has 0 aliphatic heterocycles. The van der Waals surface area contributed by atoms with Gasteiger partial charge in [-0.15, -0.1) is 0 Å². The van der Waals surface area contributed by atoms with Gasteiger partial charge < -0.3 is 4.57 Å². The van der Waals surface area contributed by atoms with E-state index in [1.807, 2.05) is 25.6 Å². The standard InChI is InChI=1S/C6H9N3O2.C5H9N3O2.C5H9N3O.C5H9N3S/c1-4-5(10)8(2)6(11)9(3)7-4;1-6-4(9)7(2)8(3)5(6)10;2*1-4-6-8(3)5(9)7(4)2/h1-3H3;1-3H3;2*1-3H3. The minimum Gasteiger partial charge on any atom is -0.307 e. The molecule has 0 saturated carbocycles. The van der Waals surface area contributed by atoms with Crippen molar-refractivity contribution in [1.82, 2.24) is 57.0 Å². The van der Waals surface area contributed by atoms with Gasteiger partial charge in [0, 0.05) is 63.4 Å². The summed E-state index contributed by atoms with van der Waals surface area (Å²) in [5, 5.41) is 11.7. The average Bonchev–Trinajstić information content (AvgIpc) is 3.33. The quantitative estimate of drug-likeness (QED) is 0.207. The first-order valence-electron chi connectivity index (χ1n) is 11.4. The van der Waals surface area contributed by atoms with Crippen molar-refractivity contribution in [3.63, 3.8) is 0 Å². The molecule has 18 heteroatoms. The molecular formula is C21H36N12O5S. The molecule has 0 aromatic carbocycles. The number of rotatable bonds is 0. The normalized spacial score (nSPS) is 10.2. The monoisotopic (exact) mass is 568 g/mol. The Hall–Kier alpha value is -4.35. The van der Waals surface area contributed by atoms with E-state index in [1.54, 1.807) is 46.7 Å². The van der Waals surface area contributed by atoms with Crippen LogP contribution in [0, 0.1) is 25.5 Å². The van der Waals surface area contributed by atoms with Gasteiger partial charge in [-0.2, -0.15) is 15.3 Å². The van der Waals surface area contributed by atoms with Crippen molar-refractivity contribution < 1.29 is 0 Å². The van der Waals surface area contributed by atoms with Crippen molar-refractivity contribution in [3.05, 3.63) is 74.4 Å². The van der Waals surface area contributed by atoms with E-state index in [1.165, 1.54) is 39.8 Å². The Morgan fingerprint density at radius 2 is 0.872 bits per heavy atom. The first-order chi connectivity index (χ1) is 17.8. The fourth-order valence-corrected chi connectivity index (χ4v) is 3.17. The molecule has 39 heavy (non-hydrogen) atoms. The molecule has 216 valence electrons. The van der Waals surface area contributed by atoms with Crippen LogP contribution in [0.15, 0.2) is 24.0 Å². The van der Waals surface area contributed by atoms with Gasteiger partial charge in [0.25, 0.3) is 5.56 Å². The molecule has 0 spiro atoms. The second-order valence-corrected chi connectivity index (χ2v) is 8.92. The minimum absolute atomic E-state index is 0.0764. The minimum atomic E-state index is -0.402. The van der Waals surface area contributed by atoms with E-state index in [9.17, 15) is 24.0 Å². The number of hydrogen-bond donors (Lipinski definition) is 0. The molecule has 0 aliphatic carbocycles. The first kappa shape index (κ1) is 32.7. The predicted molar refractivity (Wildman–Crippen MR) is 146 cm³/mol. The lowest BCUT2D eigenvalue weighted by Gasteiger charge is -2.00. The molecule has 0 atom stereocenters. The van der Waals surface area contributed by atoms with Crippen LogP contribution in [0.25, 0.3) is 0 Å². The molecule has 4 heterocycles. The summed E-state index contributed by atoms with van der Waals surface area (Å²) >= 11 is 4.98. The highest BCUT2D eigenvalue weighted by atomic mass is 32.1. The summed E-state index contributed by atoms with van der Waals surface area (Å²) < 4.78 is 12.9. The Bertz CT molecular complexity index is 1690. The molecule has 4 aromatic heterocycles. The Balaban J connectivity index is 0.000000261. The molecular weight excluding hydrogens is 532 g/mol. The van der Waals surface area contributed by atoms with Crippen LogP contribution in [-0.4, -0.2) is 57.0 Å². The van der Waals surface area contributed by atoms with Crippen LogP contribution in [0.1, 0.15) is 17.3 Å². The number of aromatic nitrogens is 12. The van der Waals surface area contributed by atoms with Crippen LogP contribution >= 0.6 is 12.2 Å². The lowest BCUT2D eigenvalue weighted by Crippen LogP contribution is -2.39. The third-order valence-corrected chi connectivity index (χ3v) is 6.28. The van der Waals surface area contributed by atoms with Gasteiger partial charge in [0.05, 0.1) is 0 Å². The Labute approximate surface area is 228 Å². The maximum absolute atomic E-state index is 11.0. The molecule has 0 amide bonds. The van der Waals surface area contributed by atoms with Gasteiger partial charge in [-0.25, -0.2) is 47.2 Å². The summed E-state index contributed by atoms with van der Waals surface area (Å²) in [6, 6.07) is 0. The zero-order valence-corrected chi connectivity index (χ0v) is 25.1. The van der Waals surface area contributed by atoms with Crippen molar-refractivity contribution in [2.75, 3.05) is 0 Å². The van der Waals surface area contributed by atoms with Crippen molar-refractivity contribution in [2.24, 2.45) is 63.4 Å². The smallest absolute Gasteiger partial charge is 0.307 e. The Morgan fingerprint density at radius 1 is 0.487 bits per heavy atom. The number of hydrogen-bond acceptors (Lipinski definition) is 9. The third kappa shape index (κ3) is 7.37. The molecule has 0 saturated heterocycles. The van der Waals surface area contributed by atoms with Crippen molar-refractivity contribution >= 4 is 12.2 Å². The van der Waals surface area contributed by atoms with Gasteiger partial charge >= 0.3 is 22.8 Å². The summed E-state index contributed by atoms with van der Waals surface area (Å²) in [5.74, 6) is 1.69. The van der Waals surface area contributed by atoms with Crippen molar-refractivity contribution in [2.45, 2.75) is 20.8 Å². The van der Waals surface area contributed by atoms with E-state index in [0.29, 0.717) is 5.69 Å². The maximum Gasteiger partial charge on any atom is 0.346 e. The highest BCUT2D eigenvalue weighted by Crippen LogP contribution is 1.92. The van der Waals surface area contributed by atoms with Gasteiger partial charge in [-0.05, 0) is 33.0 Å². The van der Waals surface area contributed by atoms with Gasteiger partial charge in [-0.1, -0.05) is 0 Å². The van der Waals surface area contributed by atoms with Gasteiger partial charge in [0.1, 0.15) is 17.3 Å². The maximum atomic E-state index is 11.0. The fourth-order valence-electron chi connectivity index (χ4n) is 2.99. The molecule has 4 rings (SSSR count). The third-order valence-electron chi connectivity index (χ3n) is 5.74. The number of aryl methyl sites for hydroxylation is 6. The summed E-state index contributed by atoms with van der Waals surface area (Å²) in [6.07, 6.45) is 0. The van der Waals surface area contributed by atoms with E-state index in [0.717, 1.165) is 30.2 Å². The molecule has 17 nitrogen and oxygen atoms in total. The zero-order chi connectivity index (χ0) is 30.5. The lowest BCUT2D eigenvalue weighted by molar-refractivity contribution is 0.565. The Morgan fingerprint density at radius 3 is 1.10 bits per heavy atom. The largest absolute Gasteiger partial charge is 0.346 e. The van der Waals surface area contributed by atoms with E-state index in [4.69, 9.17) is 12.2 Å². The van der Waals surface area contributed by atoms with E-state index >= 15 is 0 Å². The molecule has 0 unspecified atom stereocenters. The molecule has 0 radical (unpaired) electrons. The predicted octanol–water partition coefficient (Wildman–Crippen LogP) is -2.57. The van der Waals surface area contributed by atoms with E-state index in [2.05, 4.69) is 15.3 Å². The topological polar surface area (TPSA) is 168 Å². The van der Waals surface area contributed by atoms with Gasteiger partial charge in [-0.3, -0.25) is 13.9 Å². The van der Waals surface area contributed by atoms with E-state index in [-0.39, 0.29) is 22.6 Å². The fraction of sp³-hybridized carbons (Fsp3) is 0.571. The van der Waals surface area contributed by atoms with Crippen molar-refractivity contribution in [3.8, 4) is 0 Å². The van der Waals surface area contributed by atoms with Crippen LogP contribution in [0.4, 0.5) is 0 Å². The zero-order valence-electron chi connectivity index (χ0n) is 24.3. The molecule has 4 aromatic rings. The summed E-state index contributed by atoms with van der Waals surface area (Å²) in [5.41, 5.74) is -1.09. The highest BCUT2D eigenvalue weighted by Gasteiger charge is 2.04. The van der Waals surface area contributed by atoms with Crippen LogP contribution in [0.2, 0.25) is 0 Å². The number of nitrogens with zero attached hydrogens (tertiary/aromatic N) is 12. The highest BCUT2D eigenvalue weighted by molar-refractivity contribution is 7.71. The van der Waals surface area contributed by atoms with Crippen LogP contribution in [0.3, 0.4) is 0 Å². The first-order valence-corrected chi connectivity index (χ1v) is 11.8. The van der Waals surface area contributed by atoms with Crippen molar-refractivity contribution in [1.29, 1.82) is 0 Å². The van der Waals surface area contributed by atoms with Crippen LogP contribution < -0.4 is 28.3 Å². The van der Waals surface area contributed by atoms with Crippen LogP contribution in [-0.2, 0) is 63.4 Å². The second-order valence-electron chi connectivity index (χ2n) is 8.55.